The number of rotatable bonds is 10. The standard InChI is InChI=1S/C27H45NO16/c1-9(2)39-19-12(8-30)41-26(18(36)16(19)34)43-20-13(28-10(3)31)25(40-11(7-29)14(20)32)44-21-15(33)17(35)23(27(4,5)6)42-22(21)24(37)38/h8-9,11-23,25-26,29,32-36H,7H2,1-6H3,(H,28,31)(H,37,38)/p-1. The fraction of sp³-hybridized carbons (Fsp3) is 0.889. The van der Waals surface area contributed by atoms with Gasteiger partial charge in [-0.2, -0.15) is 0 Å². The maximum absolute atomic E-state index is 12.2. The lowest BCUT2D eigenvalue weighted by molar-refractivity contribution is -0.366. The van der Waals surface area contributed by atoms with E-state index in [0.29, 0.717) is 6.29 Å². The average Bonchev–Trinajstić information content (AvgIpc) is 2.92. The third kappa shape index (κ3) is 7.91. The Morgan fingerprint density at radius 1 is 0.886 bits per heavy atom. The molecule has 3 rings (SSSR count). The maximum Gasteiger partial charge on any atom is 0.217 e. The SMILES string of the molecule is CC(=O)NC1C(OC2C(C(=O)[O-])OC(C(C)(C)C)C(O)C2O)OC(CO)C(O)C1OC1OC(C=O)C(OC(C)C)C(O)C1O. The molecule has 0 radical (unpaired) electrons. The number of carbonyl (C=O) groups is 3. The molecule has 3 saturated heterocycles. The van der Waals surface area contributed by atoms with E-state index in [-0.39, 0.29) is 0 Å². The summed E-state index contributed by atoms with van der Waals surface area (Å²) in [7, 11) is 0. The van der Waals surface area contributed by atoms with Crippen molar-refractivity contribution >= 4 is 18.2 Å². The second-order valence-electron chi connectivity index (χ2n) is 12.5. The van der Waals surface area contributed by atoms with Gasteiger partial charge in [0.05, 0.1) is 24.8 Å². The molecular weight excluding hydrogens is 594 g/mol. The van der Waals surface area contributed by atoms with E-state index in [1.807, 2.05) is 0 Å². The Hall–Kier alpha value is -1.87. The van der Waals surface area contributed by atoms with Crippen molar-refractivity contribution in [3.8, 4) is 0 Å². The van der Waals surface area contributed by atoms with Gasteiger partial charge in [-0.3, -0.25) is 4.79 Å². The summed E-state index contributed by atoms with van der Waals surface area (Å²) in [6, 6.07) is -1.55. The van der Waals surface area contributed by atoms with Gasteiger partial charge in [-0.1, -0.05) is 20.8 Å². The number of amides is 1. The maximum atomic E-state index is 12.2. The number of aliphatic hydroxyl groups is 6. The van der Waals surface area contributed by atoms with Gasteiger partial charge < -0.3 is 79.1 Å². The van der Waals surface area contributed by atoms with Crippen LogP contribution in [-0.2, 0) is 42.8 Å². The van der Waals surface area contributed by atoms with Crippen LogP contribution in [0.15, 0.2) is 0 Å². The third-order valence-corrected chi connectivity index (χ3v) is 7.62. The minimum atomic E-state index is -1.94. The number of carbonyl (C=O) groups excluding carboxylic acids is 3. The van der Waals surface area contributed by atoms with E-state index in [1.54, 1.807) is 34.6 Å². The largest absolute Gasteiger partial charge is 0.547 e. The van der Waals surface area contributed by atoms with Crippen LogP contribution in [0.4, 0.5) is 0 Å². The van der Waals surface area contributed by atoms with Crippen molar-refractivity contribution < 1.29 is 78.6 Å². The summed E-state index contributed by atoms with van der Waals surface area (Å²) >= 11 is 0. The summed E-state index contributed by atoms with van der Waals surface area (Å²) in [5.74, 6) is -2.51. The third-order valence-electron chi connectivity index (χ3n) is 7.62. The Labute approximate surface area is 253 Å². The van der Waals surface area contributed by atoms with Crippen molar-refractivity contribution in [3.05, 3.63) is 0 Å². The quantitative estimate of drug-likeness (QED) is 0.111. The summed E-state index contributed by atoms with van der Waals surface area (Å²) in [5, 5.41) is 78.7. The van der Waals surface area contributed by atoms with Crippen molar-refractivity contribution in [3.63, 3.8) is 0 Å². The second kappa shape index (κ2) is 14.7. The molecule has 1 amide bonds. The predicted molar refractivity (Wildman–Crippen MR) is 141 cm³/mol. The Balaban J connectivity index is 1.94. The van der Waals surface area contributed by atoms with Gasteiger partial charge in [0.25, 0.3) is 0 Å². The first-order valence-electron chi connectivity index (χ1n) is 14.3. The molecule has 0 aromatic rings. The van der Waals surface area contributed by atoms with Crippen molar-refractivity contribution in [1.82, 2.24) is 5.32 Å². The van der Waals surface area contributed by atoms with E-state index in [0.717, 1.165) is 6.92 Å². The minimum absolute atomic E-state index is 0.327. The smallest absolute Gasteiger partial charge is 0.217 e. The summed E-state index contributed by atoms with van der Waals surface area (Å²) < 4.78 is 33.9. The first-order chi connectivity index (χ1) is 20.4. The number of hydrogen-bond donors (Lipinski definition) is 7. The van der Waals surface area contributed by atoms with Crippen molar-refractivity contribution in [1.29, 1.82) is 0 Å². The van der Waals surface area contributed by atoms with Crippen LogP contribution in [0.2, 0.25) is 0 Å². The van der Waals surface area contributed by atoms with E-state index >= 15 is 0 Å². The number of hydrogen-bond acceptors (Lipinski definition) is 16. The molecule has 3 heterocycles. The van der Waals surface area contributed by atoms with E-state index < -0.39 is 122 Å². The van der Waals surface area contributed by atoms with Gasteiger partial charge in [-0.25, -0.2) is 0 Å². The van der Waals surface area contributed by atoms with Crippen LogP contribution in [-0.4, -0.2) is 153 Å². The zero-order valence-corrected chi connectivity index (χ0v) is 25.3. The minimum Gasteiger partial charge on any atom is -0.547 e. The fourth-order valence-corrected chi connectivity index (χ4v) is 5.53. The number of nitrogens with one attached hydrogen (secondary N) is 1. The summed E-state index contributed by atoms with van der Waals surface area (Å²) in [6.45, 7) is 8.46. The number of carboxylic acids is 1. The van der Waals surface area contributed by atoms with Gasteiger partial charge >= 0.3 is 0 Å². The highest BCUT2D eigenvalue weighted by atomic mass is 16.7. The highest BCUT2D eigenvalue weighted by molar-refractivity contribution is 5.73. The molecule has 0 bridgehead atoms. The average molecular weight is 639 g/mol. The second-order valence-corrected chi connectivity index (χ2v) is 12.5. The lowest BCUT2D eigenvalue weighted by atomic mass is 9.80. The molecular formula is C27H44NO16-. The van der Waals surface area contributed by atoms with Gasteiger partial charge in [0, 0.05) is 6.92 Å². The first kappa shape index (κ1) is 36.6. The predicted octanol–water partition coefficient (Wildman–Crippen LogP) is -4.94. The molecule has 3 fully saturated rings. The molecule has 0 saturated carbocycles. The first-order valence-corrected chi connectivity index (χ1v) is 14.3. The molecule has 17 nitrogen and oxygen atoms in total. The van der Waals surface area contributed by atoms with Crippen LogP contribution in [0, 0.1) is 5.41 Å². The summed E-state index contributed by atoms with van der Waals surface area (Å²) in [6.07, 6.45) is -23.3. The Morgan fingerprint density at radius 3 is 1.98 bits per heavy atom. The Kier molecular flexibility index (Phi) is 12.2. The highest BCUT2D eigenvalue weighted by Crippen LogP contribution is 2.36. The topological polar surface area (TPSA) is 263 Å². The molecule has 15 unspecified atom stereocenters. The Bertz CT molecular complexity index is 991. The summed E-state index contributed by atoms with van der Waals surface area (Å²) in [4.78, 5) is 36.1. The number of aldehydes is 1. The normalized spacial score (nSPS) is 43.4. The molecule has 254 valence electrons. The monoisotopic (exact) mass is 638 g/mol. The zero-order chi connectivity index (χ0) is 33.3. The van der Waals surface area contributed by atoms with Gasteiger partial charge in [-0.15, -0.1) is 0 Å². The van der Waals surface area contributed by atoms with Crippen molar-refractivity contribution in [2.24, 2.45) is 5.41 Å². The molecule has 0 aromatic carbocycles. The van der Waals surface area contributed by atoms with Crippen LogP contribution >= 0.6 is 0 Å². The molecule has 44 heavy (non-hydrogen) atoms. The van der Waals surface area contributed by atoms with Gasteiger partial charge in [0.1, 0.15) is 73.2 Å². The molecule has 0 spiro atoms. The number of carboxylic acid groups (broad SMARTS) is 1. The van der Waals surface area contributed by atoms with Crippen LogP contribution < -0.4 is 10.4 Å². The van der Waals surface area contributed by atoms with Crippen LogP contribution in [0.5, 0.6) is 0 Å². The molecule has 0 aromatic heterocycles. The van der Waals surface area contributed by atoms with Crippen LogP contribution in [0.25, 0.3) is 0 Å². The lowest BCUT2D eigenvalue weighted by Gasteiger charge is -2.51. The molecule has 0 aliphatic carbocycles. The number of aliphatic hydroxyl groups excluding tert-OH is 6. The number of ether oxygens (including phenoxy) is 6. The van der Waals surface area contributed by atoms with Crippen LogP contribution in [0.1, 0.15) is 41.5 Å². The lowest BCUT2D eigenvalue weighted by Crippen LogP contribution is -2.70. The van der Waals surface area contributed by atoms with E-state index in [4.69, 9.17) is 28.4 Å². The van der Waals surface area contributed by atoms with E-state index in [2.05, 4.69) is 5.32 Å². The Morgan fingerprint density at radius 2 is 1.48 bits per heavy atom. The zero-order valence-electron chi connectivity index (χ0n) is 25.3. The summed E-state index contributed by atoms with van der Waals surface area (Å²) in [5.41, 5.74) is -0.825. The fourth-order valence-electron chi connectivity index (χ4n) is 5.53. The number of aliphatic carboxylic acids is 1. The van der Waals surface area contributed by atoms with Gasteiger partial charge in [-0.05, 0) is 19.3 Å². The van der Waals surface area contributed by atoms with Crippen molar-refractivity contribution in [2.45, 2.75) is 140 Å². The molecule has 15 atom stereocenters. The van der Waals surface area contributed by atoms with E-state index in [1.165, 1.54) is 0 Å². The highest BCUT2D eigenvalue weighted by Gasteiger charge is 2.55. The molecule has 7 N–H and O–H groups in total. The molecule has 3 aliphatic rings. The van der Waals surface area contributed by atoms with Gasteiger partial charge in [0.2, 0.25) is 5.91 Å². The molecule has 3 aliphatic heterocycles. The van der Waals surface area contributed by atoms with Gasteiger partial charge in [0.15, 0.2) is 18.9 Å². The van der Waals surface area contributed by atoms with Crippen molar-refractivity contribution in [2.75, 3.05) is 6.61 Å². The van der Waals surface area contributed by atoms with E-state index in [9.17, 15) is 50.1 Å². The van der Waals surface area contributed by atoms with Crippen LogP contribution in [0.3, 0.4) is 0 Å². The molecule has 17 heteroatoms.